The van der Waals surface area contributed by atoms with Crippen molar-refractivity contribution in [2.45, 2.75) is 0 Å². The second-order valence-electron chi connectivity index (χ2n) is 3.18. The number of rotatable bonds is 2. The molecule has 0 fully saturated rings. The Morgan fingerprint density at radius 3 is 2.50 bits per heavy atom. The zero-order chi connectivity index (χ0) is 11.7. The summed E-state index contributed by atoms with van der Waals surface area (Å²) >= 11 is 9.65. The molecular formula is C11H8BrNOS2. The van der Waals surface area contributed by atoms with Crippen molar-refractivity contribution >= 4 is 45.1 Å². The average Bonchev–Trinajstić information content (AvgIpc) is 2.58. The highest BCUT2D eigenvalue weighted by molar-refractivity contribution is 9.10. The smallest absolute Gasteiger partial charge is 0.208 e. The Labute approximate surface area is 110 Å². The van der Waals surface area contributed by atoms with Crippen LogP contribution in [0.5, 0.6) is 5.88 Å². The fourth-order valence-electron chi connectivity index (χ4n) is 1.31. The van der Waals surface area contributed by atoms with Crippen LogP contribution in [0.4, 0.5) is 0 Å². The van der Waals surface area contributed by atoms with Gasteiger partial charge in [-0.15, -0.1) is 11.3 Å². The molecule has 0 radical (unpaired) electrons. The maximum Gasteiger partial charge on any atom is 0.208 e. The van der Waals surface area contributed by atoms with E-state index < -0.39 is 0 Å². The van der Waals surface area contributed by atoms with Crippen LogP contribution in [0.3, 0.4) is 0 Å². The SMILES string of the molecule is C=C(c1ccc(Br)cc1)c1sc(=S)[nH]c1O. The standard InChI is InChI=1S/C11H8BrNOS2/c1-6(7-2-4-8(12)5-3-7)9-10(14)13-11(15)16-9/h2-5,14H,1H2,(H,13,15). The van der Waals surface area contributed by atoms with Crippen LogP contribution < -0.4 is 0 Å². The fraction of sp³-hybridized carbons (Fsp3) is 0. The van der Waals surface area contributed by atoms with Crippen LogP contribution in [0.15, 0.2) is 35.3 Å². The zero-order valence-corrected chi connectivity index (χ0v) is 11.4. The molecule has 2 aromatic rings. The molecule has 16 heavy (non-hydrogen) atoms. The van der Waals surface area contributed by atoms with E-state index in [2.05, 4.69) is 27.5 Å². The lowest BCUT2D eigenvalue weighted by Gasteiger charge is -2.03. The van der Waals surface area contributed by atoms with Crippen molar-refractivity contribution in [3.8, 4) is 5.88 Å². The van der Waals surface area contributed by atoms with Gasteiger partial charge in [0.15, 0.2) is 3.95 Å². The highest BCUT2D eigenvalue weighted by Gasteiger charge is 2.10. The average molecular weight is 314 g/mol. The highest BCUT2D eigenvalue weighted by atomic mass is 79.9. The third-order valence-electron chi connectivity index (χ3n) is 2.10. The third kappa shape index (κ3) is 2.26. The van der Waals surface area contributed by atoms with Crippen LogP contribution in [0.2, 0.25) is 0 Å². The van der Waals surface area contributed by atoms with Crippen molar-refractivity contribution in [3.63, 3.8) is 0 Å². The van der Waals surface area contributed by atoms with Gasteiger partial charge in [0.1, 0.15) is 0 Å². The molecule has 1 heterocycles. The molecule has 0 unspecified atom stereocenters. The molecule has 0 aliphatic heterocycles. The first-order chi connectivity index (χ1) is 7.58. The Morgan fingerprint density at radius 2 is 2.00 bits per heavy atom. The zero-order valence-electron chi connectivity index (χ0n) is 8.16. The number of hydrogen-bond acceptors (Lipinski definition) is 3. The number of aromatic amines is 1. The lowest BCUT2D eigenvalue weighted by Crippen LogP contribution is -1.82. The van der Waals surface area contributed by atoms with Gasteiger partial charge in [-0.2, -0.15) is 0 Å². The minimum atomic E-state index is 0.0860. The summed E-state index contributed by atoms with van der Waals surface area (Å²) in [6.07, 6.45) is 0. The molecular weight excluding hydrogens is 306 g/mol. The molecule has 0 saturated heterocycles. The van der Waals surface area contributed by atoms with E-state index in [9.17, 15) is 5.11 Å². The number of thiazole rings is 1. The van der Waals surface area contributed by atoms with Gasteiger partial charge in [0.25, 0.3) is 0 Å². The summed E-state index contributed by atoms with van der Waals surface area (Å²) in [5, 5.41) is 9.64. The molecule has 5 heteroatoms. The Hall–Kier alpha value is -0.910. The molecule has 0 saturated carbocycles. The van der Waals surface area contributed by atoms with Crippen molar-refractivity contribution in [2.75, 3.05) is 0 Å². The summed E-state index contributed by atoms with van der Waals surface area (Å²) in [4.78, 5) is 3.38. The number of aromatic nitrogens is 1. The maximum absolute atomic E-state index is 9.64. The van der Waals surface area contributed by atoms with Gasteiger partial charge < -0.3 is 10.1 Å². The first-order valence-electron chi connectivity index (χ1n) is 4.45. The van der Waals surface area contributed by atoms with E-state index in [0.29, 0.717) is 8.83 Å². The Kier molecular flexibility index (Phi) is 3.28. The first kappa shape index (κ1) is 11.6. The van der Waals surface area contributed by atoms with Gasteiger partial charge in [-0.25, -0.2) is 0 Å². The van der Waals surface area contributed by atoms with Crippen LogP contribution in [0, 0.1) is 3.95 Å². The minimum absolute atomic E-state index is 0.0860. The number of aromatic hydroxyl groups is 1. The second-order valence-corrected chi connectivity index (χ2v) is 5.78. The van der Waals surface area contributed by atoms with Crippen molar-refractivity contribution in [3.05, 3.63) is 49.7 Å². The maximum atomic E-state index is 9.64. The van der Waals surface area contributed by atoms with E-state index in [-0.39, 0.29) is 5.88 Å². The van der Waals surface area contributed by atoms with Crippen molar-refractivity contribution in [1.82, 2.24) is 4.98 Å². The minimum Gasteiger partial charge on any atom is -0.494 e. The number of H-pyrrole nitrogens is 1. The predicted molar refractivity (Wildman–Crippen MR) is 73.4 cm³/mol. The monoisotopic (exact) mass is 313 g/mol. The molecule has 1 aromatic heterocycles. The Morgan fingerprint density at radius 1 is 1.38 bits per heavy atom. The highest BCUT2D eigenvalue weighted by Crippen LogP contribution is 2.32. The Balaban J connectivity index is 2.43. The number of hydrogen-bond donors (Lipinski definition) is 2. The topological polar surface area (TPSA) is 36.0 Å². The fourth-order valence-corrected chi connectivity index (χ4v) is 2.64. The predicted octanol–water partition coefficient (Wildman–Crippen LogP) is 4.34. The van der Waals surface area contributed by atoms with Gasteiger partial charge in [0.2, 0.25) is 5.88 Å². The summed E-state index contributed by atoms with van der Waals surface area (Å²) < 4.78 is 1.56. The van der Waals surface area contributed by atoms with Gasteiger partial charge in [-0.3, -0.25) is 0 Å². The van der Waals surface area contributed by atoms with E-state index in [1.165, 1.54) is 11.3 Å². The summed E-state index contributed by atoms with van der Waals surface area (Å²) in [7, 11) is 0. The van der Waals surface area contributed by atoms with E-state index in [4.69, 9.17) is 12.2 Å². The quantitative estimate of drug-likeness (QED) is 0.809. The van der Waals surface area contributed by atoms with Crippen LogP contribution in [-0.4, -0.2) is 10.1 Å². The molecule has 0 amide bonds. The van der Waals surface area contributed by atoms with E-state index >= 15 is 0 Å². The van der Waals surface area contributed by atoms with Crippen LogP contribution >= 0.6 is 39.5 Å². The summed E-state index contributed by atoms with van der Waals surface area (Å²) in [5.74, 6) is 0.0860. The van der Waals surface area contributed by atoms with Crippen LogP contribution in [0.25, 0.3) is 5.57 Å². The Bertz CT molecular complexity index is 583. The molecule has 82 valence electrons. The van der Waals surface area contributed by atoms with Gasteiger partial charge in [-0.05, 0) is 35.5 Å². The largest absolute Gasteiger partial charge is 0.494 e. The molecule has 0 aliphatic carbocycles. The lowest BCUT2D eigenvalue weighted by atomic mass is 10.1. The van der Waals surface area contributed by atoms with Crippen molar-refractivity contribution in [2.24, 2.45) is 0 Å². The van der Waals surface area contributed by atoms with Gasteiger partial charge in [0, 0.05) is 4.47 Å². The van der Waals surface area contributed by atoms with Crippen LogP contribution in [-0.2, 0) is 0 Å². The molecule has 1 aromatic carbocycles. The van der Waals surface area contributed by atoms with Crippen molar-refractivity contribution < 1.29 is 5.11 Å². The number of halogens is 1. The van der Waals surface area contributed by atoms with Gasteiger partial charge in [-0.1, -0.05) is 34.6 Å². The molecule has 0 aliphatic rings. The normalized spacial score (nSPS) is 10.3. The number of nitrogens with one attached hydrogen (secondary N) is 1. The molecule has 2 N–H and O–H groups in total. The van der Waals surface area contributed by atoms with Gasteiger partial charge in [0.05, 0.1) is 4.88 Å². The van der Waals surface area contributed by atoms with E-state index in [1.807, 2.05) is 24.3 Å². The van der Waals surface area contributed by atoms with Crippen LogP contribution in [0.1, 0.15) is 10.4 Å². The first-order valence-corrected chi connectivity index (χ1v) is 6.47. The lowest BCUT2D eigenvalue weighted by molar-refractivity contribution is 0.455. The molecule has 2 nitrogen and oxygen atoms in total. The second kappa shape index (κ2) is 4.53. The molecule has 0 atom stereocenters. The molecule has 2 rings (SSSR count). The van der Waals surface area contributed by atoms with E-state index in [1.54, 1.807) is 0 Å². The summed E-state index contributed by atoms with van der Waals surface area (Å²) in [6, 6.07) is 7.75. The third-order valence-corrected chi connectivity index (χ3v) is 3.91. The number of benzene rings is 1. The molecule has 0 bridgehead atoms. The van der Waals surface area contributed by atoms with Crippen molar-refractivity contribution in [1.29, 1.82) is 0 Å². The summed E-state index contributed by atoms with van der Waals surface area (Å²) in [5.41, 5.74) is 1.73. The van der Waals surface area contributed by atoms with Gasteiger partial charge >= 0.3 is 0 Å². The summed E-state index contributed by atoms with van der Waals surface area (Å²) in [6.45, 7) is 3.97. The van der Waals surface area contributed by atoms with E-state index in [0.717, 1.165) is 15.6 Å². The molecule has 0 spiro atoms.